The summed E-state index contributed by atoms with van der Waals surface area (Å²) in [6.07, 6.45) is -10.3. The van der Waals surface area contributed by atoms with E-state index in [2.05, 4.69) is 0 Å². The van der Waals surface area contributed by atoms with Crippen molar-refractivity contribution >= 4 is 17.6 Å². The van der Waals surface area contributed by atoms with Gasteiger partial charge in [-0.2, -0.15) is 26.3 Å². The van der Waals surface area contributed by atoms with Crippen molar-refractivity contribution in [3.63, 3.8) is 0 Å². The predicted octanol–water partition coefficient (Wildman–Crippen LogP) is 4.96. The third-order valence-electron chi connectivity index (χ3n) is 3.26. The van der Waals surface area contributed by atoms with Crippen LogP contribution in [-0.2, 0) is 12.4 Å². The number of anilines is 1. The average molecular weight is 412 g/mol. The molecule has 150 valence electrons. The molecular weight excluding hydrogens is 404 g/mol. The molecule has 0 heterocycles. The molecule has 28 heavy (non-hydrogen) atoms. The Hall–Kier alpha value is -3.18. The number of amides is 3. The molecule has 12 heteroatoms. The van der Waals surface area contributed by atoms with Crippen molar-refractivity contribution in [3.05, 3.63) is 64.7 Å². The highest BCUT2D eigenvalue weighted by Gasteiger charge is 2.37. The van der Waals surface area contributed by atoms with Gasteiger partial charge in [-0.25, -0.2) is 13.6 Å². The lowest BCUT2D eigenvalue weighted by Gasteiger charge is -2.15. The van der Waals surface area contributed by atoms with Crippen LogP contribution in [0.5, 0.6) is 0 Å². The molecule has 2 rings (SSSR count). The Balaban J connectivity index is 2.27. The summed E-state index contributed by atoms with van der Waals surface area (Å²) < 4.78 is 103. The molecule has 0 saturated heterocycles. The highest BCUT2D eigenvalue weighted by molar-refractivity contribution is 6.08. The summed E-state index contributed by atoms with van der Waals surface area (Å²) in [7, 11) is 0. The number of hydrogen-bond acceptors (Lipinski definition) is 2. The summed E-state index contributed by atoms with van der Waals surface area (Å²) in [5.74, 6) is -4.25. The van der Waals surface area contributed by atoms with E-state index in [0.717, 1.165) is 6.07 Å². The maximum Gasteiger partial charge on any atom is 0.416 e. The molecule has 0 unspecified atom stereocenters. The molecular formula is C16H8F8N2O2. The Kier molecular flexibility index (Phi) is 5.62. The maximum absolute atomic E-state index is 13.5. The van der Waals surface area contributed by atoms with E-state index in [1.165, 1.54) is 5.32 Å². The number of nitrogens with one attached hydrogen (secondary N) is 2. The predicted molar refractivity (Wildman–Crippen MR) is 79.3 cm³/mol. The molecule has 0 aromatic heterocycles. The zero-order chi connectivity index (χ0) is 21.3. The van der Waals surface area contributed by atoms with Crippen LogP contribution in [0.1, 0.15) is 21.5 Å². The van der Waals surface area contributed by atoms with Crippen molar-refractivity contribution < 1.29 is 44.7 Å². The Morgan fingerprint density at radius 1 is 0.786 bits per heavy atom. The molecule has 2 aromatic carbocycles. The number of halogens is 8. The van der Waals surface area contributed by atoms with E-state index in [-0.39, 0.29) is 18.2 Å². The largest absolute Gasteiger partial charge is 0.416 e. The summed E-state index contributed by atoms with van der Waals surface area (Å²) in [6, 6.07) is 0.981. The molecule has 2 N–H and O–H groups in total. The van der Waals surface area contributed by atoms with Gasteiger partial charge in [0.15, 0.2) is 0 Å². The fraction of sp³-hybridized carbons (Fsp3) is 0.125. The van der Waals surface area contributed by atoms with Gasteiger partial charge in [0.2, 0.25) is 0 Å². The van der Waals surface area contributed by atoms with Gasteiger partial charge in [0, 0.05) is 5.69 Å². The lowest BCUT2D eigenvalue weighted by molar-refractivity contribution is -0.143. The molecule has 4 nitrogen and oxygen atoms in total. The number of hydrogen-bond donors (Lipinski definition) is 2. The van der Waals surface area contributed by atoms with E-state index in [0.29, 0.717) is 12.1 Å². The first-order valence-electron chi connectivity index (χ1n) is 7.15. The lowest BCUT2D eigenvalue weighted by atomic mass is 10.1. The SMILES string of the molecule is O=C(NC(=O)c1c(F)cccc1F)Nc1cc(C(F)(F)F)cc(C(F)(F)F)c1. The van der Waals surface area contributed by atoms with Crippen molar-refractivity contribution in [2.75, 3.05) is 5.32 Å². The molecule has 0 fully saturated rings. The van der Waals surface area contributed by atoms with Crippen LogP contribution in [0.15, 0.2) is 36.4 Å². The first-order chi connectivity index (χ1) is 12.8. The standard InChI is InChI=1S/C16H8F8N2O2/c17-10-2-1-3-11(18)12(10)13(27)26-14(28)25-9-5-7(15(19,20)21)4-8(6-9)16(22,23)24/h1-6H,(H2,25,26,27,28). The Labute approximate surface area is 151 Å². The number of alkyl halides is 6. The van der Waals surface area contributed by atoms with Crippen LogP contribution in [0.4, 0.5) is 45.6 Å². The van der Waals surface area contributed by atoms with Gasteiger partial charge in [-0.1, -0.05) is 6.07 Å². The first-order valence-corrected chi connectivity index (χ1v) is 7.15. The third kappa shape index (κ3) is 4.96. The summed E-state index contributed by atoms with van der Waals surface area (Å²) in [5, 5.41) is 3.00. The first kappa shape index (κ1) is 21.1. The van der Waals surface area contributed by atoms with E-state index >= 15 is 0 Å². The van der Waals surface area contributed by atoms with Crippen molar-refractivity contribution in [1.29, 1.82) is 0 Å². The second-order valence-corrected chi connectivity index (χ2v) is 5.30. The van der Waals surface area contributed by atoms with Gasteiger partial charge in [-0.3, -0.25) is 10.1 Å². The zero-order valence-corrected chi connectivity index (χ0v) is 13.3. The minimum atomic E-state index is -5.15. The third-order valence-corrected chi connectivity index (χ3v) is 3.26. The zero-order valence-electron chi connectivity index (χ0n) is 13.3. The summed E-state index contributed by atoms with van der Waals surface area (Å²) in [6.45, 7) is 0. The minimum Gasteiger partial charge on any atom is -0.308 e. The van der Waals surface area contributed by atoms with Crippen molar-refractivity contribution in [2.45, 2.75) is 12.4 Å². The van der Waals surface area contributed by atoms with Gasteiger partial charge in [-0.05, 0) is 30.3 Å². The van der Waals surface area contributed by atoms with Gasteiger partial charge in [-0.15, -0.1) is 0 Å². The van der Waals surface area contributed by atoms with E-state index in [1.807, 2.05) is 0 Å². The van der Waals surface area contributed by atoms with Crippen LogP contribution in [-0.4, -0.2) is 11.9 Å². The van der Waals surface area contributed by atoms with Gasteiger partial charge in [0.25, 0.3) is 5.91 Å². The number of carbonyl (C=O) groups is 2. The molecule has 0 saturated carbocycles. The number of carbonyl (C=O) groups excluding carboxylic acids is 2. The second-order valence-electron chi connectivity index (χ2n) is 5.30. The number of benzene rings is 2. The number of rotatable bonds is 2. The highest BCUT2D eigenvalue weighted by atomic mass is 19.4. The highest BCUT2D eigenvalue weighted by Crippen LogP contribution is 2.37. The number of urea groups is 1. The Bertz CT molecular complexity index is 869. The molecule has 0 radical (unpaired) electrons. The van der Waals surface area contributed by atoms with Crippen LogP contribution in [0, 0.1) is 11.6 Å². The van der Waals surface area contributed by atoms with Crippen molar-refractivity contribution in [3.8, 4) is 0 Å². The summed E-state index contributed by atoms with van der Waals surface area (Å²) in [5.41, 5.74) is -5.51. The van der Waals surface area contributed by atoms with Crippen LogP contribution >= 0.6 is 0 Å². The Morgan fingerprint density at radius 2 is 1.25 bits per heavy atom. The minimum absolute atomic E-state index is 0.164. The van der Waals surface area contributed by atoms with Gasteiger partial charge < -0.3 is 5.32 Å². The average Bonchev–Trinajstić information content (AvgIpc) is 2.52. The normalized spacial score (nSPS) is 11.9. The van der Waals surface area contributed by atoms with E-state index in [9.17, 15) is 44.7 Å². The van der Waals surface area contributed by atoms with Crippen LogP contribution < -0.4 is 10.6 Å². The quantitative estimate of drug-likeness (QED) is 0.685. The second kappa shape index (κ2) is 7.44. The van der Waals surface area contributed by atoms with Crippen LogP contribution in [0.2, 0.25) is 0 Å². The maximum atomic E-state index is 13.5. The van der Waals surface area contributed by atoms with E-state index < -0.39 is 58.3 Å². The van der Waals surface area contributed by atoms with Gasteiger partial charge in [0.1, 0.15) is 17.2 Å². The van der Waals surface area contributed by atoms with E-state index in [1.54, 1.807) is 5.32 Å². The lowest BCUT2D eigenvalue weighted by Crippen LogP contribution is -2.35. The Morgan fingerprint density at radius 3 is 1.68 bits per heavy atom. The van der Waals surface area contributed by atoms with Crippen molar-refractivity contribution in [1.82, 2.24) is 5.32 Å². The molecule has 0 atom stereocenters. The van der Waals surface area contributed by atoms with Gasteiger partial charge in [0.05, 0.1) is 11.1 Å². The van der Waals surface area contributed by atoms with Gasteiger partial charge >= 0.3 is 18.4 Å². The summed E-state index contributed by atoms with van der Waals surface area (Å²) in [4.78, 5) is 23.4. The monoisotopic (exact) mass is 412 g/mol. The van der Waals surface area contributed by atoms with E-state index in [4.69, 9.17) is 0 Å². The molecule has 3 amide bonds. The van der Waals surface area contributed by atoms with Crippen molar-refractivity contribution in [2.24, 2.45) is 0 Å². The topological polar surface area (TPSA) is 58.2 Å². The number of imide groups is 1. The van der Waals surface area contributed by atoms with Crippen LogP contribution in [0.3, 0.4) is 0 Å². The van der Waals surface area contributed by atoms with Crippen LogP contribution in [0.25, 0.3) is 0 Å². The molecule has 0 aliphatic heterocycles. The molecule has 0 spiro atoms. The summed E-state index contributed by atoms with van der Waals surface area (Å²) >= 11 is 0. The smallest absolute Gasteiger partial charge is 0.308 e. The molecule has 0 aliphatic rings. The fourth-order valence-electron chi connectivity index (χ4n) is 2.07. The molecule has 0 aliphatic carbocycles. The fourth-order valence-corrected chi connectivity index (χ4v) is 2.07. The molecule has 0 bridgehead atoms. The molecule has 2 aromatic rings.